The number of hydrogen-bond acceptors (Lipinski definition) is 3. The van der Waals surface area contributed by atoms with Gasteiger partial charge in [0.25, 0.3) is 0 Å². The molecule has 19 heavy (non-hydrogen) atoms. The molecule has 3 nitrogen and oxygen atoms in total. The van der Waals surface area contributed by atoms with Gasteiger partial charge in [0, 0.05) is 5.69 Å². The molecule has 1 aromatic heterocycles. The van der Waals surface area contributed by atoms with E-state index in [0.29, 0.717) is 16.8 Å². The minimum Gasteiger partial charge on any atom is -0.293 e. The van der Waals surface area contributed by atoms with Crippen LogP contribution in [-0.2, 0) is 0 Å². The number of nitrogens with one attached hydrogen (secondary N) is 2. The van der Waals surface area contributed by atoms with Crippen molar-refractivity contribution in [2.75, 3.05) is 5.43 Å². The van der Waals surface area contributed by atoms with Gasteiger partial charge in [0.05, 0.1) is 4.99 Å². The third kappa shape index (κ3) is 3.66. The van der Waals surface area contributed by atoms with Gasteiger partial charge in [-0.05, 0) is 49.3 Å². The fourth-order valence-corrected chi connectivity index (χ4v) is 2.63. The lowest BCUT2D eigenvalue weighted by atomic mass is 9.87. The van der Waals surface area contributed by atoms with Gasteiger partial charge in [-0.3, -0.25) is 10.9 Å². The molecule has 0 saturated heterocycles. The van der Waals surface area contributed by atoms with E-state index in [1.54, 1.807) is 0 Å². The van der Waals surface area contributed by atoms with Crippen LogP contribution in [0.5, 0.6) is 0 Å². The molecule has 0 radical (unpaired) electrons. The first-order chi connectivity index (χ1) is 8.75. The van der Waals surface area contributed by atoms with E-state index in [4.69, 9.17) is 12.2 Å². The molecule has 2 N–H and O–H groups in total. The minimum atomic E-state index is 0.480. The van der Waals surface area contributed by atoms with Crippen LogP contribution in [0.15, 0.2) is 0 Å². The van der Waals surface area contributed by atoms with Gasteiger partial charge in [0.15, 0.2) is 0 Å². The van der Waals surface area contributed by atoms with Crippen molar-refractivity contribution in [3.05, 3.63) is 22.4 Å². The molecule has 1 aromatic rings. The molecule has 1 heterocycles. The number of thiocarbonyl (C=S) groups is 1. The van der Waals surface area contributed by atoms with E-state index in [-0.39, 0.29) is 0 Å². The van der Waals surface area contributed by atoms with Gasteiger partial charge in [0.2, 0.25) is 0 Å². The Labute approximate surface area is 122 Å². The second-order valence-corrected chi connectivity index (χ2v) is 6.23. The van der Waals surface area contributed by atoms with Crippen LogP contribution in [0.25, 0.3) is 0 Å². The zero-order valence-corrected chi connectivity index (χ0v) is 13.8. The van der Waals surface area contributed by atoms with E-state index in [1.165, 1.54) is 16.7 Å². The highest BCUT2D eigenvalue weighted by molar-refractivity contribution is 7.80. The molecule has 0 saturated carbocycles. The van der Waals surface area contributed by atoms with Crippen LogP contribution in [0.2, 0.25) is 0 Å². The highest BCUT2D eigenvalue weighted by atomic mass is 32.1. The largest absolute Gasteiger partial charge is 0.293 e. The van der Waals surface area contributed by atoms with Crippen LogP contribution in [0.3, 0.4) is 0 Å². The number of aryl methyl sites for hydroxylation is 1. The molecule has 0 fully saturated rings. The summed E-state index contributed by atoms with van der Waals surface area (Å²) < 4.78 is 0. The zero-order valence-electron chi connectivity index (χ0n) is 13.0. The number of aromatic nitrogens is 1. The Morgan fingerprint density at radius 3 is 2.00 bits per heavy atom. The lowest BCUT2D eigenvalue weighted by Gasteiger charge is -2.23. The number of pyridine rings is 1. The van der Waals surface area contributed by atoms with Crippen molar-refractivity contribution in [1.82, 2.24) is 10.4 Å². The second-order valence-electron chi connectivity index (χ2n) is 5.61. The summed E-state index contributed by atoms with van der Waals surface area (Å²) in [6, 6.07) is 0. The molecule has 0 unspecified atom stereocenters. The Bertz CT molecular complexity index is 479. The Morgan fingerprint density at radius 1 is 1.05 bits per heavy atom. The monoisotopic (exact) mass is 279 g/mol. The number of rotatable bonds is 4. The lowest BCUT2D eigenvalue weighted by molar-refractivity contribution is 0.764. The molecule has 0 amide bonds. The van der Waals surface area contributed by atoms with Crippen molar-refractivity contribution in [3.63, 3.8) is 0 Å². The fourth-order valence-electron chi connectivity index (χ4n) is 2.58. The lowest BCUT2D eigenvalue weighted by Crippen LogP contribution is -2.27. The van der Waals surface area contributed by atoms with Crippen molar-refractivity contribution in [2.24, 2.45) is 0 Å². The van der Waals surface area contributed by atoms with Crippen molar-refractivity contribution in [3.8, 4) is 0 Å². The first-order valence-electron chi connectivity index (χ1n) is 6.79. The Morgan fingerprint density at radius 2 is 1.58 bits per heavy atom. The quantitative estimate of drug-likeness (QED) is 0.639. The van der Waals surface area contributed by atoms with E-state index >= 15 is 0 Å². The van der Waals surface area contributed by atoms with Gasteiger partial charge in [-0.15, -0.1) is 0 Å². The average molecular weight is 279 g/mol. The van der Waals surface area contributed by atoms with Gasteiger partial charge < -0.3 is 0 Å². The average Bonchev–Trinajstić information content (AvgIpc) is 2.28. The van der Waals surface area contributed by atoms with Crippen molar-refractivity contribution < 1.29 is 0 Å². The molecule has 0 aliphatic rings. The molecule has 0 bridgehead atoms. The van der Waals surface area contributed by atoms with Crippen LogP contribution in [0.4, 0.5) is 5.82 Å². The molecule has 0 aliphatic heterocycles. The third-order valence-electron chi connectivity index (χ3n) is 3.23. The summed E-state index contributed by atoms with van der Waals surface area (Å²) in [4.78, 5) is 5.38. The zero-order chi connectivity index (χ0) is 14.7. The van der Waals surface area contributed by atoms with E-state index in [1.807, 2.05) is 6.92 Å². The van der Waals surface area contributed by atoms with E-state index in [0.717, 1.165) is 11.5 Å². The van der Waals surface area contributed by atoms with Crippen molar-refractivity contribution >= 4 is 23.0 Å². The summed E-state index contributed by atoms with van der Waals surface area (Å²) in [6.07, 6.45) is 0. The number of anilines is 1. The second kappa shape index (κ2) is 6.33. The number of hydrazine groups is 1. The maximum absolute atomic E-state index is 5.02. The summed E-state index contributed by atoms with van der Waals surface area (Å²) in [6.45, 7) is 15.0. The Kier molecular flexibility index (Phi) is 5.29. The molecule has 0 spiro atoms. The standard InChI is InChI=1S/C15H25N3S/c1-8(2)13-10(5)15(18-17-12(7)19)16-11(6)14(13)9(3)4/h8-9H,1-7H3,(H,16,18)(H,17,19). The first-order valence-corrected chi connectivity index (χ1v) is 7.20. The van der Waals surface area contributed by atoms with Gasteiger partial charge in [-0.25, -0.2) is 4.98 Å². The molecule has 4 heteroatoms. The van der Waals surface area contributed by atoms with E-state index < -0.39 is 0 Å². The smallest absolute Gasteiger partial charge is 0.147 e. The third-order valence-corrected chi connectivity index (χ3v) is 3.33. The molecule has 0 atom stereocenters. The van der Waals surface area contributed by atoms with Crippen LogP contribution in [0, 0.1) is 13.8 Å². The molecular weight excluding hydrogens is 254 g/mol. The van der Waals surface area contributed by atoms with Crippen LogP contribution < -0.4 is 10.9 Å². The van der Waals surface area contributed by atoms with E-state index in [2.05, 4.69) is 57.4 Å². The van der Waals surface area contributed by atoms with Gasteiger partial charge in [-0.2, -0.15) is 0 Å². The summed E-state index contributed by atoms with van der Waals surface area (Å²) in [5.41, 5.74) is 11.1. The molecule has 0 aliphatic carbocycles. The molecular formula is C15H25N3S. The van der Waals surface area contributed by atoms with Crippen LogP contribution >= 0.6 is 12.2 Å². The fraction of sp³-hybridized carbons (Fsp3) is 0.600. The molecule has 0 aromatic carbocycles. The predicted octanol–water partition coefficient (Wildman–Crippen LogP) is 4.21. The van der Waals surface area contributed by atoms with Gasteiger partial charge in [-0.1, -0.05) is 39.9 Å². The predicted molar refractivity (Wildman–Crippen MR) is 86.9 cm³/mol. The summed E-state index contributed by atoms with van der Waals surface area (Å²) >= 11 is 5.02. The normalized spacial score (nSPS) is 11.0. The number of hydrogen-bond donors (Lipinski definition) is 2. The SMILES string of the molecule is CC(=S)NNc1nc(C)c(C(C)C)c(C(C)C)c1C. The van der Waals surface area contributed by atoms with Gasteiger partial charge in [0.1, 0.15) is 5.82 Å². The van der Waals surface area contributed by atoms with Gasteiger partial charge >= 0.3 is 0 Å². The first kappa shape index (κ1) is 15.9. The maximum atomic E-state index is 5.02. The molecule has 1 rings (SSSR count). The summed E-state index contributed by atoms with van der Waals surface area (Å²) in [5.74, 6) is 1.83. The topological polar surface area (TPSA) is 37.0 Å². The van der Waals surface area contributed by atoms with Crippen molar-refractivity contribution in [2.45, 2.75) is 60.3 Å². The molecule has 106 valence electrons. The Hall–Kier alpha value is -1.16. The van der Waals surface area contributed by atoms with Crippen LogP contribution in [-0.4, -0.2) is 9.97 Å². The highest BCUT2D eigenvalue weighted by Crippen LogP contribution is 2.33. The number of nitrogens with zero attached hydrogens (tertiary/aromatic N) is 1. The summed E-state index contributed by atoms with van der Waals surface area (Å²) in [5, 5.41) is 0. The van der Waals surface area contributed by atoms with E-state index in [9.17, 15) is 0 Å². The maximum Gasteiger partial charge on any atom is 0.147 e. The highest BCUT2D eigenvalue weighted by Gasteiger charge is 2.19. The summed E-state index contributed by atoms with van der Waals surface area (Å²) in [7, 11) is 0. The van der Waals surface area contributed by atoms with Crippen molar-refractivity contribution in [1.29, 1.82) is 0 Å². The Balaban J connectivity index is 3.34. The minimum absolute atomic E-state index is 0.480. The van der Waals surface area contributed by atoms with Crippen LogP contribution in [0.1, 0.15) is 68.8 Å².